The van der Waals surface area contributed by atoms with Crippen LogP contribution in [0, 0.1) is 28.4 Å². The molecule has 3 aromatic rings. The first-order valence-corrected chi connectivity index (χ1v) is 10.9. The molecule has 0 saturated carbocycles. The first-order valence-electron chi connectivity index (χ1n) is 9.18. The van der Waals surface area contributed by atoms with E-state index in [1.165, 1.54) is 36.5 Å². The van der Waals surface area contributed by atoms with E-state index in [1.54, 1.807) is 18.2 Å². The van der Waals surface area contributed by atoms with Gasteiger partial charge < -0.3 is 10.1 Å². The highest BCUT2D eigenvalue weighted by Gasteiger charge is 2.23. The summed E-state index contributed by atoms with van der Waals surface area (Å²) in [7, 11) is 0. The zero-order chi connectivity index (χ0) is 23.3. The second-order valence-electron chi connectivity index (χ2n) is 6.49. The molecule has 11 heteroatoms. The Kier molecular flexibility index (Phi) is 7.19. The van der Waals surface area contributed by atoms with E-state index >= 15 is 0 Å². The lowest BCUT2D eigenvalue weighted by molar-refractivity contribution is -0.387. The molecule has 2 aromatic carbocycles. The van der Waals surface area contributed by atoms with Crippen molar-refractivity contribution in [3.8, 4) is 6.07 Å². The molecule has 9 nitrogen and oxygen atoms in total. The van der Waals surface area contributed by atoms with E-state index in [0.717, 1.165) is 23.5 Å². The van der Waals surface area contributed by atoms with Crippen LogP contribution >= 0.6 is 23.1 Å². The summed E-state index contributed by atoms with van der Waals surface area (Å²) >= 11 is 2.49. The summed E-state index contributed by atoms with van der Waals surface area (Å²) in [4.78, 5) is 40.4. The SMILES string of the molecule is Cc1csc(Sc2ccc(C(=O)OC(C)C(=O)Nc3ccccc3C#N)cc2[N+](=O)[O-])n1. The fourth-order valence-electron chi connectivity index (χ4n) is 2.55. The highest BCUT2D eigenvalue weighted by molar-refractivity contribution is 8.01. The van der Waals surface area contributed by atoms with Crippen LogP contribution in [0.4, 0.5) is 11.4 Å². The van der Waals surface area contributed by atoms with Gasteiger partial charge in [-0.05, 0) is 38.1 Å². The second-order valence-corrected chi connectivity index (χ2v) is 8.64. The number of carbonyl (C=O) groups is 2. The minimum atomic E-state index is -1.19. The van der Waals surface area contributed by atoms with Gasteiger partial charge in [-0.1, -0.05) is 23.9 Å². The third-order valence-corrected chi connectivity index (χ3v) is 6.27. The number of carbonyl (C=O) groups excluding carboxylic acids is 2. The maximum Gasteiger partial charge on any atom is 0.339 e. The first kappa shape index (κ1) is 22.9. The van der Waals surface area contributed by atoms with Crippen LogP contribution in [0.5, 0.6) is 0 Å². The van der Waals surface area contributed by atoms with Crippen molar-refractivity contribution in [3.05, 3.63) is 74.8 Å². The number of para-hydroxylation sites is 1. The molecule has 0 aliphatic heterocycles. The molecule has 0 fully saturated rings. The van der Waals surface area contributed by atoms with Gasteiger partial charge in [0, 0.05) is 17.1 Å². The van der Waals surface area contributed by atoms with Crippen molar-refractivity contribution >= 4 is 46.3 Å². The third-order valence-electron chi connectivity index (χ3n) is 4.14. The van der Waals surface area contributed by atoms with Crippen LogP contribution in [0.1, 0.15) is 28.5 Å². The number of nitrogens with zero attached hydrogens (tertiary/aromatic N) is 3. The Balaban J connectivity index is 1.72. The van der Waals surface area contributed by atoms with Crippen LogP contribution in [0.2, 0.25) is 0 Å². The van der Waals surface area contributed by atoms with Gasteiger partial charge in [0.05, 0.1) is 26.6 Å². The van der Waals surface area contributed by atoms with Gasteiger partial charge in [-0.3, -0.25) is 14.9 Å². The predicted octanol–water partition coefficient (Wildman–Crippen LogP) is 4.57. The van der Waals surface area contributed by atoms with E-state index in [1.807, 2.05) is 18.4 Å². The van der Waals surface area contributed by atoms with Gasteiger partial charge in [-0.2, -0.15) is 5.26 Å². The number of nitriles is 1. The van der Waals surface area contributed by atoms with Gasteiger partial charge in [-0.15, -0.1) is 11.3 Å². The van der Waals surface area contributed by atoms with Crippen molar-refractivity contribution in [1.82, 2.24) is 4.98 Å². The number of aryl methyl sites for hydroxylation is 1. The molecule has 1 amide bonds. The quantitative estimate of drug-likeness (QED) is 0.303. The summed E-state index contributed by atoms with van der Waals surface area (Å²) in [5, 5.41) is 25.0. The Morgan fingerprint density at radius 2 is 2.06 bits per heavy atom. The number of hydrogen-bond acceptors (Lipinski definition) is 9. The zero-order valence-electron chi connectivity index (χ0n) is 16.9. The van der Waals surface area contributed by atoms with E-state index in [9.17, 15) is 19.7 Å². The van der Waals surface area contributed by atoms with Crippen molar-refractivity contribution in [2.24, 2.45) is 0 Å². The number of nitrogens with one attached hydrogen (secondary N) is 1. The first-order chi connectivity index (χ1) is 15.3. The van der Waals surface area contributed by atoms with Crippen molar-refractivity contribution in [2.45, 2.75) is 29.2 Å². The number of thiazole rings is 1. The number of esters is 1. The van der Waals surface area contributed by atoms with Crippen LogP contribution in [-0.2, 0) is 9.53 Å². The summed E-state index contributed by atoms with van der Waals surface area (Å²) in [5.41, 5.74) is 1.03. The summed E-state index contributed by atoms with van der Waals surface area (Å²) in [6.45, 7) is 3.19. The molecule has 162 valence electrons. The van der Waals surface area contributed by atoms with E-state index in [4.69, 9.17) is 10.00 Å². The van der Waals surface area contributed by atoms with E-state index < -0.39 is 22.9 Å². The third kappa shape index (κ3) is 5.48. The molecule has 0 bridgehead atoms. The van der Waals surface area contributed by atoms with Gasteiger partial charge in [0.2, 0.25) is 0 Å². The standard InChI is InChI=1S/C21H16N4O5S2/c1-12-11-31-21(23-12)32-18-8-7-14(9-17(18)25(28)29)20(27)30-13(2)19(26)24-16-6-4-3-5-15(16)10-22/h3-9,11,13H,1-2H3,(H,24,26). The van der Waals surface area contributed by atoms with E-state index in [0.29, 0.717) is 9.24 Å². The van der Waals surface area contributed by atoms with Gasteiger partial charge in [0.1, 0.15) is 6.07 Å². The van der Waals surface area contributed by atoms with Gasteiger partial charge in [0.15, 0.2) is 10.4 Å². The zero-order valence-corrected chi connectivity index (χ0v) is 18.5. The number of benzene rings is 2. The molecule has 1 aromatic heterocycles. The van der Waals surface area contributed by atoms with Crippen LogP contribution < -0.4 is 5.32 Å². The molecule has 0 spiro atoms. The molecule has 1 N–H and O–H groups in total. The number of aromatic nitrogens is 1. The normalized spacial score (nSPS) is 11.3. The average Bonchev–Trinajstić information content (AvgIpc) is 3.18. The van der Waals surface area contributed by atoms with Crippen molar-refractivity contribution in [1.29, 1.82) is 5.26 Å². The van der Waals surface area contributed by atoms with E-state index in [2.05, 4.69) is 10.3 Å². The predicted molar refractivity (Wildman–Crippen MR) is 119 cm³/mol. The lowest BCUT2D eigenvalue weighted by Gasteiger charge is -2.14. The van der Waals surface area contributed by atoms with Crippen molar-refractivity contribution in [3.63, 3.8) is 0 Å². The summed E-state index contributed by atoms with van der Waals surface area (Å²) in [6, 6.07) is 12.3. The minimum absolute atomic E-state index is 0.0616. The molecule has 3 rings (SSSR count). The molecule has 1 atom stereocenters. The number of hydrogen-bond donors (Lipinski definition) is 1. The fourth-order valence-corrected chi connectivity index (χ4v) is 4.43. The van der Waals surface area contributed by atoms with Crippen LogP contribution in [0.3, 0.4) is 0 Å². The smallest absolute Gasteiger partial charge is 0.339 e. The lowest BCUT2D eigenvalue weighted by atomic mass is 10.2. The molecular formula is C21H16N4O5S2. The van der Waals surface area contributed by atoms with E-state index in [-0.39, 0.29) is 22.5 Å². The monoisotopic (exact) mass is 468 g/mol. The molecular weight excluding hydrogens is 452 g/mol. The van der Waals surface area contributed by atoms with Crippen molar-refractivity contribution < 1.29 is 19.2 Å². The van der Waals surface area contributed by atoms with Crippen LogP contribution in [0.25, 0.3) is 0 Å². The Morgan fingerprint density at radius 1 is 1.31 bits per heavy atom. The fraction of sp³-hybridized carbons (Fsp3) is 0.143. The maximum atomic E-state index is 12.5. The molecule has 1 heterocycles. The molecule has 32 heavy (non-hydrogen) atoms. The van der Waals surface area contributed by atoms with Gasteiger partial charge in [0.25, 0.3) is 11.6 Å². The number of nitro groups is 1. The number of anilines is 1. The number of rotatable bonds is 7. The summed E-state index contributed by atoms with van der Waals surface area (Å²) in [6.07, 6.45) is -1.19. The highest BCUT2D eigenvalue weighted by Crippen LogP contribution is 2.37. The van der Waals surface area contributed by atoms with Crippen LogP contribution in [-0.4, -0.2) is 27.9 Å². The number of ether oxygens (including phenoxy) is 1. The molecule has 0 aliphatic carbocycles. The Bertz CT molecular complexity index is 1230. The molecule has 1 unspecified atom stereocenters. The number of amides is 1. The number of nitro benzene ring substituents is 1. The Labute approximate surface area is 191 Å². The lowest BCUT2D eigenvalue weighted by Crippen LogP contribution is -2.30. The molecule has 0 saturated heterocycles. The van der Waals surface area contributed by atoms with Gasteiger partial charge >= 0.3 is 5.97 Å². The largest absolute Gasteiger partial charge is 0.449 e. The highest BCUT2D eigenvalue weighted by atomic mass is 32.2. The minimum Gasteiger partial charge on any atom is -0.449 e. The Morgan fingerprint density at radius 3 is 2.72 bits per heavy atom. The Hall–Kier alpha value is -3.75. The molecule has 0 radical (unpaired) electrons. The summed E-state index contributed by atoms with van der Waals surface area (Å²) < 4.78 is 5.81. The van der Waals surface area contributed by atoms with Crippen LogP contribution in [0.15, 0.2) is 57.1 Å². The molecule has 0 aliphatic rings. The second kappa shape index (κ2) is 10.0. The average molecular weight is 469 g/mol. The van der Waals surface area contributed by atoms with Crippen molar-refractivity contribution in [2.75, 3.05) is 5.32 Å². The maximum absolute atomic E-state index is 12.5. The topological polar surface area (TPSA) is 135 Å². The van der Waals surface area contributed by atoms with Gasteiger partial charge in [-0.25, -0.2) is 9.78 Å². The summed E-state index contributed by atoms with van der Waals surface area (Å²) in [5.74, 6) is -1.52.